The third kappa shape index (κ3) is 5.04. The van der Waals surface area contributed by atoms with Crippen LogP contribution in [-0.2, 0) is 10.0 Å². The lowest BCUT2D eigenvalue weighted by Crippen LogP contribution is -2.37. The number of amides is 1. The van der Waals surface area contributed by atoms with Gasteiger partial charge in [-0.2, -0.15) is 0 Å². The summed E-state index contributed by atoms with van der Waals surface area (Å²) in [5.41, 5.74) is 1.30. The highest BCUT2D eigenvalue weighted by atomic mass is 32.2. The molecule has 2 aromatic carbocycles. The number of rotatable bonds is 7. The summed E-state index contributed by atoms with van der Waals surface area (Å²) in [5.74, 6) is 0.416. The minimum Gasteiger partial charge on any atom is -0.491 e. The summed E-state index contributed by atoms with van der Waals surface area (Å²) in [6.07, 6.45) is 0. The first kappa shape index (κ1) is 19.0. The minimum atomic E-state index is -3.59. The monoisotopic (exact) mass is 362 g/mol. The molecule has 0 bridgehead atoms. The molecule has 6 nitrogen and oxygen atoms in total. The Kier molecular flexibility index (Phi) is 6.17. The average molecular weight is 362 g/mol. The summed E-state index contributed by atoms with van der Waals surface area (Å²) < 4.78 is 31.6. The van der Waals surface area contributed by atoms with Crippen molar-refractivity contribution < 1.29 is 17.9 Å². The largest absolute Gasteiger partial charge is 0.491 e. The van der Waals surface area contributed by atoms with E-state index in [2.05, 4.69) is 10.0 Å². The third-order valence-electron chi connectivity index (χ3n) is 3.64. The van der Waals surface area contributed by atoms with Gasteiger partial charge in [0.15, 0.2) is 0 Å². The maximum atomic E-state index is 12.3. The molecule has 0 aromatic heterocycles. The third-order valence-corrected chi connectivity index (χ3v) is 5.05. The topological polar surface area (TPSA) is 84.5 Å². The molecule has 0 spiro atoms. The van der Waals surface area contributed by atoms with Crippen molar-refractivity contribution in [3.05, 3.63) is 59.7 Å². The molecule has 25 heavy (non-hydrogen) atoms. The Labute approximate surface area is 148 Å². The maximum Gasteiger partial charge on any atom is 0.251 e. The van der Waals surface area contributed by atoms with Gasteiger partial charge in [0.2, 0.25) is 10.0 Å². The van der Waals surface area contributed by atoms with Crippen LogP contribution in [0, 0.1) is 6.92 Å². The quantitative estimate of drug-likeness (QED) is 0.790. The van der Waals surface area contributed by atoms with Gasteiger partial charge >= 0.3 is 0 Å². The molecular formula is C18H22N2O4S. The number of nitrogens with one attached hydrogen (secondary N) is 2. The minimum absolute atomic E-state index is 0.0477. The molecule has 0 aliphatic carbocycles. The summed E-state index contributed by atoms with van der Waals surface area (Å²) in [5, 5.41) is 2.80. The fourth-order valence-corrected chi connectivity index (χ4v) is 2.98. The van der Waals surface area contributed by atoms with Crippen molar-refractivity contribution in [3.63, 3.8) is 0 Å². The first-order valence-corrected chi connectivity index (χ1v) is 9.34. The second kappa shape index (κ2) is 8.13. The Balaban J connectivity index is 2.00. The predicted octanol–water partition coefficient (Wildman–Crippen LogP) is 2.10. The van der Waals surface area contributed by atoms with Crippen LogP contribution in [0.5, 0.6) is 5.75 Å². The highest BCUT2D eigenvalue weighted by Gasteiger charge is 2.15. The van der Waals surface area contributed by atoms with Gasteiger partial charge in [-0.05, 0) is 50.7 Å². The van der Waals surface area contributed by atoms with Gasteiger partial charge < -0.3 is 10.1 Å². The van der Waals surface area contributed by atoms with Crippen molar-refractivity contribution in [1.29, 1.82) is 0 Å². The van der Waals surface area contributed by atoms with Gasteiger partial charge in [-0.3, -0.25) is 4.79 Å². The number of hydrogen-bond donors (Lipinski definition) is 2. The standard InChI is InChI=1S/C18H22N2O4S/c1-13-7-4-5-10-17(13)24-12-14(2)20-18(21)15-8-6-9-16(11-15)25(22,23)19-3/h4-11,14,19H,12H2,1-3H3,(H,20,21). The maximum absolute atomic E-state index is 12.3. The number of hydrogen-bond acceptors (Lipinski definition) is 4. The summed E-state index contributed by atoms with van der Waals surface area (Å²) in [6.45, 7) is 4.09. The molecule has 134 valence electrons. The molecule has 2 N–H and O–H groups in total. The summed E-state index contributed by atoms with van der Waals surface area (Å²) >= 11 is 0. The van der Waals surface area contributed by atoms with E-state index in [1.807, 2.05) is 38.1 Å². The molecule has 0 saturated heterocycles. The molecule has 1 amide bonds. The molecule has 0 radical (unpaired) electrons. The Morgan fingerprint density at radius 2 is 1.88 bits per heavy atom. The van der Waals surface area contributed by atoms with Gasteiger partial charge in [0.1, 0.15) is 12.4 Å². The molecule has 7 heteroatoms. The molecule has 0 fully saturated rings. The van der Waals surface area contributed by atoms with Crippen molar-refractivity contribution in [2.75, 3.05) is 13.7 Å². The SMILES string of the molecule is CNS(=O)(=O)c1cccc(C(=O)NC(C)COc2ccccc2C)c1. The number of carbonyl (C=O) groups excluding carboxylic acids is 1. The van der Waals surface area contributed by atoms with Crippen LogP contribution in [0.25, 0.3) is 0 Å². The van der Waals surface area contributed by atoms with Crippen molar-refractivity contribution in [3.8, 4) is 5.75 Å². The number of carbonyl (C=O) groups is 1. The summed E-state index contributed by atoms with van der Waals surface area (Å²) in [4.78, 5) is 12.4. The van der Waals surface area contributed by atoms with E-state index in [0.29, 0.717) is 6.61 Å². The van der Waals surface area contributed by atoms with Crippen LogP contribution >= 0.6 is 0 Å². The molecule has 1 atom stereocenters. The zero-order chi connectivity index (χ0) is 18.4. The molecule has 1 unspecified atom stereocenters. The van der Waals surface area contributed by atoms with Gasteiger partial charge in [0.05, 0.1) is 10.9 Å². The smallest absolute Gasteiger partial charge is 0.251 e. The second-order valence-corrected chi connectivity index (χ2v) is 7.57. The molecule has 0 saturated carbocycles. The van der Waals surface area contributed by atoms with Crippen LogP contribution in [0.1, 0.15) is 22.8 Å². The molecule has 0 aliphatic heterocycles. The number of ether oxygens (including phenoxy) is 1. The lowest BCUT2D eigenvalue weighted by Gasteiger charge is -2.16. The number of para-hydroxylation sites is 1. The molecule has 2 aromatic rings. The molecule has 2 rings (SSSR count). The second-order valence-electron chi connectivity index (χ2n) is 5.69. The number of aryl methyl sites for hydroxylation is 1. The van der Waals surface area contributed by atoms with Crippen LogP contribution in [0.4, 0.5) is 0 Å². The number of sulfonamides is 1. The Hall–Kier alpha value is -2.38. The Morgan fingerprint density at radius 3 is 2.56 bits per heavy atom. The summed E-state index contributed by atoms with van der Waals surface area (Å²) in [7, 11) is -2.26. The van der Waals surface area contributed by atoms with Crippen LogP contribution in [0.2, 0.25) is 0 Å². The van der Waals surface area contributed by atoms with E-state index < -0.39 is 10.0 Å². The highest BCUT2D eigenvalue weighted by molar-refractivity contribution is 7.89. The Bertz CT molecular complexity index is 850. The van der Waals surface area contributed by atoms with E-state index in [0.717, 1.165) is 11.3 Å². The van der Waals surface area contributed by atoms with Crippen molar-refractivity contribution in [2.24, 2.45) is 0 Å². The predicted molar refractivity (Wildman–Crippen MR) is 96.3 cm³/mol. The highest BCUT2D eigenvalue weighted by Crippen LogP contribution is 2.16. The van der Waals surface area contributed by atoms with Crippen molar-refractivity contribution in [1.82, 2.24) is 10.0 Å². The van der Waals surface area contributed by atoms with E-state index in [1.54, 1.807) is 6.07 Å². The van der Waals surface area contributed by atoms with E-state index in [4.69, 9.17) is 4.74 Å². The average Bonchev–Trinajstić information content (AvgIpc) is 2.61. The van der Waals surface area contributed by atoms with Gasteiger partial charge in [-0.15, -0.1) is 0 Å². The van der Waals surface area contributed by atoms with Crippen molar-refractivity contribution in [2.45, 2.75) is 24.8 Å². The molecule has 0 aliphatic rings. The lowest BCUT2D eigenvalue weighted by atomic mass is 10.2. The fraction of sp³-hybridized carbons (Fsp3) is 0.278. The van der Waals surface area contributed by atoms with Gasteiger partial charge in [-0.1, -0.05) is 24.3 Å². The lowest BCUT2D eigenvalue weighted by molar-refractivity contribution is 0.0926. The normalized spacial score (nSPS) is 12.4. The van der Waals surface area contributed by atoms with E-state index >= 15 is 0 Å². The summed E-state index contributed by atoms with van der Waals surface area (Å²) in [6, 6.07) is 13.3. The zero-order valence-electron chi connectivity index (χ0n) is 14.4. The first-order chi connectivity index (χ1) is 11.8. The van der Waals surface area contributed by atoms with Crippen LogP contribution < -0.4 is 14.8 Å². The molecular weight excluding hydrogens is 340 g/mol. The van der Waals surface area contributed by atoms with Crippen LogP contribution in [0.15, 0.2) is 53.4 Å². The van der Waals surface area contributed by atoms with Crippen LogP contribution in [-0.4, -0.2) is 34.0 Å². The number of benzene rings is 2. The van der Waals surface area contributed by atoms with Crippen LogP contribution in [0.3, 0.4) is 0 Å². The van der Waals surface area contributed by atoms with Gasteiger partial charge in [0.25, 0.3) is 5.91 Å². The zero-order valence-corrected chi connectivity index (χ0v) is 15.3. The Morgan fingerprint density at radius 1 is 1.16 bits per heavy atom. The van der Waals surface area contributed by atoms with Crippen molar-refractivity contribution >= 4 is 15.9 Å². The fourth-order valence-electron chi connectivity index (χ4n) is 2.20. The first-order valence-electron chi connectivity index (χ1n) is 7.86. The van der Waals surface area contributed by atoms with Gasteiger partial charge in [0, 0.05) is 5.56 Å². The van der Waals surface area contributed by atoms with E-state index in [9.17, 15) is 13.2 Å². The van der Waals surface area contributed by atoms with E-state index in [-0.39, 0.29) is 22.4 Å². The van der Waals surface area contributed by atoms with Gasteiger partial charge in [-0.25, -0.2) is 13.1 Å². The van der Waals surface area contributed by atoms with E-state index in [1.165, 1.54) is 25.2 Å². The molecule has 0 heterocycles.